The minimum Gasteiger partial charge on any atom is -0.317 e. The van der Waals surface area contributed by atoms with Gasteiger partial charge >= 0.3 is 0 Å². The maximum atomic E-state index is 3.73. The Kier molecular flexibility index (Phi) is 11.5. The lowest BCUT2D eigenvalue weighted by molar-refractivity contribution is 0.321. The van der Waals surface area contributed by atoms with Gasteiger partial charge in [0, 0.05) is 0 Å². The topological polar surface area (TPSA) is 15.3 Å². The average molecular weight is 212 g/mol. The van der Waals surface area contributed by atoms with Crippen molar-refractivity contribution in [3.8, 4) is 0 Å². The van der Waals surface area contributed by atoms with Gasteiger partial charge in [0.1, 0.15) is 0 Å². The molecule has 0 aromatic heterocycles. The number of allylic oxidation sites excluding steroid dienone is 1. The maximum Gasteiger partial charge on any atom is -0.00188 e. The van der Waals surface area contributed by atoms with Crippen molar-refractivity contribution in [2.75, 3.05) is 33.2 Å². The van der Waals surface area contributed by atoms with Crippen molar-refractivity contribution in [2.24, 2.45) is 0 Å². The van der Waals surface area contributed by atoms with Gasteiger partial charge in [-0.15, -0.1) is 6.58 Å². The van der Waals surface area contributed by atoms with Crippen molar-refractivity contribution in [3.05, 3.63) is 12.7 Å². The first-order chi connectivity index (χ1) is 7.31. The number of nitrogens with zero attached hydrogens (tertiary/aromatic N) is 1. The highest BCUT2D eigenvalue weighted by molar-refractivity contribution is 4.66. The van der Waals surface area contributed by atoms with Crippen LogP contribution in [0.3, 0.4) is 0 Å². The molecule has 1 N–H and O–H groups in total. The Balaban J connectivity index is 3.09. The molecule has 0 aromatic carbocycles. The summed E-state index contributed by atoms with van der Waals surface area (Å²) in [5, 5.41) is 3.43. The molecule has 2 nitrogen and oxygen atoms in total. The van der Waals surface area contributed by atoms with E-state index in [4.69, 9.17) is 0 Å². The fourth-order valence-electron chi connectivity index (χ4n) is 1.55. The third-order valence-corrected chi connectivity index (χ3v) is 2.52. The molecule has 0 saturated heterocycles. The second kappa shape index (κ2) is 11.7. The summed E-state index contributed by atoms with van der Waals surface area (Å²) in [4.78, 5) is 2.42. The first-order valence-electron chi connectivity index (χ1n) is 6.31. The molecular formula is C13H28N2. The Morgan fingerprint density at radius 2 is 1.87 bits per heavy atom. The van der Waals surface area contributed by atoms with E-state index in [9.17, 15) is 0 Å². The molecule has 90 valence electrons. The molecule has 0 unspecified atom stereocenters. The number of unbranched alkanes of at least 4 members (excludes halogenated alkanes) is 2. The van der Waals surface area contributed by atoms with E-state index in [0.717, 1.165) is 13.0 Å². The first kappa shape index (κ1) is 14.7. The molecule has 2 heteroatoms. The van der Waals surface area contributed by atoms with Crippen LogP contribution in [0.5, 0.6) is 0 Å². The molecule has 0 spiro atoms. The Morgan fingerprint density at radius 1 is 1.13 bits per heavy atom. The fraction of sp³-hybridized carbons (Fsp3) is 0.846. The van der Waals surface area contributed by atoms with Gasteiger partial charge in [-0.1, -0.05) is 13.0 Å². The highest BCUT2D eigenvalue weighted by atomic mass is 15.1. The van der Waals surface area contributed by atoms with Crippen LogP contribution in [0.25, 0.3) is 0 Å². The maximum absolute atomic E-state index is 3.73. The third kappa shape index (κ3) is 11.6. The smallest absolute Gasteiger partial charge is 0.00188 e. The summed E-state index contributed by atoms with van der Waals surface area (Å²) >= 11 is 0. The fourth-order valence-corrected chi connectivity index (χ4v) is 1.55. The van der Waals surface area contributed by atoms with Crippen molar-refractivity contribution in [1.82, 2.24) is 10.2 Å². The van der Waals surface area contributed by atoms with Gasteiger partial charge in [-0.3, -0.25) is 0 Å². The molecule has 0 atom stereocenters. The summed E-state index contributed by atoms with van der Waals surface area (Å²) in [5.74, 6) is 0. The van der Waals surface area contributed by atoms with E-state index in [2.05, 4.69) is 30.8 Å². The minimum absolute atomic E-state index is 1.14. The van der Waals surface area contributed by atoms with E-state index < -0.39 is 0 Å². The molecule has 0 radical (unpaired) electrons. The number of rotatable bonds is 11. The molecule has 0 fully saturated rings. The zero-order valence-electron chi connectivity index (χ0n) is 10.6. The van der Waals surface area contributed by atoms with E-state index in [0.29, 0.717) is 0 Å². The van der Waals surface area contributed by atoms with Crippen molar-refractivity contribution in [3.63, 3.8) is 0 Å². The highest BCUT2D eigenvalue weighted by Crippen LogP contribution is 1.96. The average Bonchev–Trinajstić information content (AvgIpc) is 2.23. The molecule has 0 rings (SSSR count). The lowest BCUT2D eigenvalue weighted by Gasteiger charge is -2.15. The van der Waals surface area contributed by atoms with Gasteiger partial charge in [0.25, 0.3) is 0 Å². The predicted octanol–water partition coefficient (Wildman–Crippen LogP) is 2.66. The molecule has 0 bridgehead atoms. The van der Waals surface area contributed by atoms with Crippen molar-refractivity contribution in [2.45, 2.75) is 39.0 Å². The van der Waals surface area contributed by atoms with Crippen LogP contribution in [0.2, 0.25) is 0 Å². The number of hydrogen-bond donors (Lipinski definition) is 1. The van der Waals surface area contributed by atoms with E-state index in [-0.39, 0.29) is 0 Å². The van der Waals surface area contributed by atoms with Gasteiger partial charge in [-0.25, -0.2) is 0 Å². The van der Waals surface area contributed by atoms with E-state index >= 15 is 0 Å². The van der Waals surface area contributed by atoms with Crippen LogP contribution in [-0.2, 0) is 0 Å². The monoisotopic (exact) mass is 212 g/mol. The number of hydrogen-bond acceptors (Lipinski definition) is 2. The zero-order valence-corrected chi connectivity index (χ0v) is 10.6. The van der Waals surface area contributed by atoms with Crippen molar-refractivity contribution >= 4 is 0 Å². The van der Waals surface area contributed by atoms with Gasteiger partial charge in [-0.05, 0) is 65.3 Å². The Morgan fingerprint density at radius 3 is 2.53 bits per heavy atom. The molecule has 0 aromatic rings. The van der Waals surface area contributed by atoms with Crippen LogP contribution in [0.15, 0.2) is 12.7 Å². The summed E-state index contributed by atoms with van der Waals surface area (Å²) in [7, 11) is 2.21. The molecule has 0 aliphatic heterocycles. The second-order valence-corrected chi connectivity index (χ2v) is 4.19. The molecule has 0 saturated carbocycles. The molecule has 0 aliphatic rings. The van der Waals surface area contributed by atoms with Gasteiger partial charge in [-0.2, -0.15) is 0 Å². The van der Waals surface area contributed by atoms with Gasteiger partial charge in [0.15, 0.2) is 0 Å². The predicted molar refractivity (Wildman–Crippen MR) is 69.3 cm³/mol. The van der Waals surface area contributed by atoms with Gasteiger partial charge in [0.05, 0.1) is 0 Å². The van der Waals surface area contributed by atoms with Gasteiger partial charge < -0.3 is 10.2 Å². The quantitative estimate of drug-likeness (QED) is 0.418. The standard InChI is InChI=1S/C13H28N2/c1-4-6-8-12-15(3)13-9-7-11-14-10-5-2/h4,14H,1,5-13H2,2-3H3. The summed E-state index contributed by atoms with van der Waals surface area (Å²) in [6.07, 6.45) is 8.23. The number of nitrogens with one attached hydrogen (secondary N) is 1. The van der Waals surface area contributed by atoms with Crippen molar-refractivity contribution < 1.29 is 0 Å². The Bertz CT molecular complexity index is 134. The SMILES string of the molecule is C=CCCCN(C)CCCCNCCC. The van der Waals surface area contributed by atoms with Crippen LogP contribution < -0.4 is 5.32 Å². The lowest BCUT2D eigenvalue weighted by Crippen LogP contribution is -2.22. The zero-order chi connectivity index (χ0) is 11.4. The van der Waals surface area contributed by atoms with E-state index in [1.54, 1.807) is 0 Å². The normalized spacial score (nSPS) is 10.9. The highest BCUT2D eigenvalue weighted by Gasteiger charge is 1.96. The second-order valence-electron chi connectivity index (χ2n) is 4.19. The lowest BCUT2D eigenvalue weighted by atomic mass is 10.2. The summed E-state index contributed by atoms with van der Waals surface area (Å²) < 4.78 is 0. The molecular weight excluding hydrogens is 184 g/mol. The summed E-state index contributed by atoms with van der Waals surface area (Å²) in [6, 6.07) is 0. The molecule has 0 heterocycles. The minimum atomic E-state index is 1.14. The van der Waals surface area contributed by atoms with Crippen molar-refractivity contribution in [1.29, 1.82) is 0 Å². The van der Waals surface area contributed by atoms with Crippen LogP contribution in [0, 0.1) is 0 Å². The van der Waals surface area contributed by atoms with E-state index in [1.165, 1.54) is 45.3 Å². The summed E-state index contributed by atoms with van der Waals surface area (Å²) in [5.41, 5.74) is 0. The van der Waals surface area contributed by atoms with E-state index in [1.807, 2.05) is 6.08 Å². The van der Waals surface area contributed by atoms with Crippen LogP contribution >= 0.6 is 0 Å². The molecule has 15 heavy (non-hydrogen) atoms. The van der Waals surface area contributed by atoms with Crippen LogP contribution in [0.4, 0.5) is 0 Å². The molecule has 0 amide bonds. The van der Waals surface area contributed by atoms with Crippen LogP contribution in [-0.4, -0.2) is 38.1 Å². The largest absolute Gasteiger partial charge is 0.317 e. The van der Waals surface area contributed by atoms with Gasteiger partial charge in [0.2, 0.25) is 0 Å². The summed E-state index contributed by atoms with van der Waals surface area (Å²) in [6.45, 7) is 10.7. The molecule has 0 aliphatic carbocycles. The van der Waals surface area contributed by atoms with Crippen LogP contribution in [0.1, 0.15) is 39.0 Å². The Hall–Kier alpha value is -0.340. The first-order valence-corrected chi connectivity index (χ1v) is 6.31. The Labute approximate surface area is 95.7 Å². The third-order valence-electron chi connectivity index (χ3n) is 2.52.